The van der Waals surface area contributed by atoms with Gasteiger partial charge in [-0.25, -0.2) is 0 Å². The second kappa shape index (κ2) is 4.13. The summed E-state index contributed by atoms with van der Waals surface area (Å²) < 4.78 is 5.69. The van der Waals surface area contributed by atoms with Crippen LogP contribution in [0, 0.1) is 0 Å². The van der Waals surface area contributed by atoms with E-state index in [9.17, 15) is 9.59 Å². The van der Waals surface area contributed by atoms with Crippen LogP contribution < -0.4 is 5.56 Å². The number of carbonyl (C=O) groups excluding carboxylic acids is 1. The molecule has 72 valence electrons. The molecule has 0 spiro atoms. The fourth-order valence-corrected chi connectivity index (χ4v) is 1.95. The third-order valence-corrected chi connectivity index (χ3v) is 3.11. The molecular formula is C6H5Cl2NO3S. The number of methoxy groups -OCH3 is 1. The van der Waals surface area contributed by atoms with E-state index >= 15 is 0 Å². The van der Waals surface area contributed by atoms with E-state index < -0.39 is 11.5 Å². The number of aromatic nitrogens is 1. The average molecular weight is 242 g/mol. The molecule has 0 aromatic carbocycles. The molecule has 0 saturated heterocycles. The molecule has 1 heterocycles. The molecule has 1 aromatic heterocycles. The molecule has 0 unspecified atom stereocenters. The first-order valence-corrected chi connectivity index (χ1v) is 4.71. The molecule has 0 N–H and O–H groups in total. The number of ether oxygens (including phenoxy) is 1. The quantitative estimate of drug-likeness (QED) is 0.736. The molecule has 0 aliphatic heterocycles. The van der Waals surface area contributed by atoms with Crippen molar-refractivity contribution in [3.8, 4) is 0 Å². The fraction of sp³-hybridized carbons (Fsp3) is 0.333. The summed E-state index contributed by atoms with van der Waals surface area (Å²) in [7, 11) is 1.24. The molecular weight excluding hydrogens is 237 g/mol. The van der Waals surface area contributed by atoms with Crippen LogP contribution >= 0.6 is 34.7 Å². The Morgan fingerprint density at radius 3 is 2.62 bits per heavy atom. The maximum Gasteiger partial charge on any atom is 0.326 e. The standard InChI is InChI=1S/C6H5Cl2NO3S/c1-12-3(10)2-9-6(11)4(7)5(8)13-9/h2H2,1H3. The number of hydrogen-bond acceptors (Lipinski definition) is 4. The van der Waals surface area contributed by atoms with Crippen LogP contribution in [0.1, 0.15) is 0 Å². The average Bonchev–Trinajstić information content (AvgIpc) is 2.34. The number of carbonyl (C=O) groups is 1. The summed E-state index contributed by atoms with van der Waals surface area (Å²) in [6.07, 6.45) is 0. The Morgan fingerprint density at radius 1 is 1.62 bits per heavy atom. The molecule has 0 saturated carbocycles. The van der Waals surface area contributed by atoms with E-state index in [1.54, 1.807) is 0 Å². The fourth-order valence-electron chi connectivity index (χ4n) is 0.658. The molecule has 13 heavy (non-hydrogen) atoms. The summed E-state index contributed by atoms with van der Waals surface area (Å²) in [5, 5.41) is -0.0597. The lowest BCUT2D eigenvalue weighted by Gasteiger charge is -1.96. The second-order valence-corrected chi connectivity index (χ2v) is 4.11. The molecule has 0 atom stereocenters. The molecule has 0 bridgehead atoms. The smallest absolute Gasteiger partial charge is 0.326 e. The summed E-state index contributed by atoms with van der Waals surface area (Å²) in [6, 6.07) is 0. The van der Waals surface area contributed by atoms with Crippen LogP contribution in [-0.2, 0) is 16.1 Å². The SMILES string of the molecule is COC(=O)Cn1sc(Cl)c(Cl)c1=O. The first kappa shape index (κ1) is 10.6. The molecule has 0 fully saturated rings. The minimum absolute atomic E-state index is 0.0597. The summed E-state index contributed by atoms with van der Waals surface area (Å²) in [6.45, 7) is -0.160. The molecule has 0 aliphatic rings. The molecule has 7 heteroatoms. The molecule has 4 nitrogen and oxygen atoms in total. The van der Waals surface area contributed by atoms with Gasteiger partial charge in [0.2, 0.25) is 0 Å². The van der Waals surface area contributed by atoms with Gasteiger partial charge in [0.25, 0.3) is 5.56 Å². The zero-order chi connectivity index (χ0) is 10.0. The van der Waals surface area contributed by atoms with Crippen molar-refractivity contribution in [3.63, 3.8) is 0 Å². The number of nitrogens with zero attached hydrogens (tertiary/aromatic N) is 1. The number of rotatable bonds is 2. The van der Waals surface area contributed by atoms with Gasteiger partial charge >= 0.3 is 5.97 Å². The highest BCUT2D eigenvalue weighted by atomic mass is 35.5. The first-order chi connectivity index (χ1) is 6.06. The highest BCUT2D eigenvalue weighted by Gasteiger charge is 2.13. The Kier molecular flexibility index (Phi) is 3.35. The zero-order valence-electron chi connectivity index (χ0n) is 6.54. The minimum Gasteiger partial charge on any atom is -0.468 e. The Bertz CT molecular complexity index is 384. The normalized spacial score (nSPS) is 10.1. The van der Waals surface area contributed by atoms with Crippen molar-refractivity contribution in [2.45, 2.75) is 6.54 Å². The van der Waals surface area contributed by atoms with Crippen molar-refractivity contribution in [2.75, 3.05) is 7.11 Å². The number of halogens is 2. The van der Waals surface area contributed by atoms with Crippen molar-refractivity contribution in [2.24, 2.45) is 0 Å². The molecule has 1 rings (SSSR count). The largest absolute Gasteiger partial charge is 0.468 e. The maximum atomic E-state index is 11.2. The zero-order valence-corrected chi connectivity index (χ0v) is 8.87. The van der Waals surface area contributed by atoms with E-state index in [0.717, 1.165) is 15.5 Å². The first-order valence-electron chi connectivity index (χ1n) is 3.18. The van der Waals surface area contributed by atoms with Gasteiger partial charge in [0.1, 0.15) is 15.9 Å². The van der Waals surface area contributed by atoms with Gasteiger partial charge in [-0.1, -0.05) is 23.2 Å². The Hall–Kier alpha value is -0.520. The third kappa shape index (κ3) is 2.24. The van der Waals surface area contributed by atoms with Crippen molar-refractivity contribution >= 4 is 40.7 Å². The predicted octanol–water partition coefficient (Wildman–Crippen LogP) is 1.39. The Balaban J connectivity index is 2.97. The lowest BCUT2D eigenvalue weighted by atomic mass is 10.6. The van der Waals surface area contributed by atoms with E-state index in [2.05, 4.69) is 4.74 Å². The Labute approximate surface area is 87.8 Å². The summed E-state index contributed by atoms with van der Waals surface area (Å²) >= 11 is 12.0. The van der Waals surface area contributed by atoms with E-state index in [0.29, 0.717) is 0 Å². The highest BCUT2D eigenvalue weighted by molar-refractivity contribution is 7.11. The van der Waals surface area contributed by atoms with Gasteiger partial charge in [-0.05, 0) is 11.5 Å². The van der Waals surface area contributed by atoms with Crippen molar-refractivity contribution in [3.05, 3.63) is 19.7 Å². The van der Waals surface area contributed by atoms with Gasteiger partial charge in [0.15, 0.2) is 0 Å². The van der Waals surface area contributed by atoms with Crippen LogP contribution in [0.4, 0.5) is 0 Å². The van der Waals surface area contributed by atoms with Crippen LogP contribution in [0.25, 0.3) is 0 Å². The second-order valence-electron chi connectivity index (χ2n) is 2.10. The monoisotopic (exact) mass is 241 g/mol. The van der Waals surface area contributed by atoms with E-state index in [1.807, 2.05) is 0 Å². The van der Waals surface area contributed by atoms with E-state index in [1.165, 1.54) is 7.11 Å². The van der Waals surface area contributed by atoms with Crippen molar-refractivity contribution in [1.29, 1.82) is 0 Å². The van der Waals surface area contributed by atoms with Gasteiger partial charge in [-0.2, -0.15) is 0 Å². The van der Waals surface area contributed by atoms with Crippen molar-refractivity contribution < 1.29 is 9.53 Å². The van der Waals surface area contributed by atoms with Crippen LogP contribution in [0.2, 0.25) is 9.36 Å². The van der Waals surface area contributed by atoms with E-state index in [-0.39, 0.29) is 15.9 Å². The Morgan fingerprint density at radius 2 is 2.23 bits per heavy atom. The van der Waals surface area contributed by atoms with Crippen LogP contribution in [0.5, 0.6) is 0 Å². The lowest BCUT2D eigenvalue weighted by molar-refractivity contribution is -0.141. The lowest BCUT2D eigenvalue weighted by Crippen LogP contribution is -2.19. The number of esters is 1. The molecule has 0 aliphatic carbocycles. The molecule has 1 aromatic rings. The topological polar surface area (TPSA) is 48.3 Å². The minimum atomic E-state index is -0.517. The molecule has 0 amide bonds. The third-order valence-electron chi connectivity index (χ3n) is 1.28. The predicted molar refractivity (Wildman–Crippen MR) is 50.6 cm³/mol. The summed E-state index contributed by atoms with van der Waals surface area (Å²) in [5.74, 6) is -0.517. The van der Waals surface area contributed by atoms with Crippen molar-refractivity contribution in [1.82, 2.24) is 3.96 Å². The van der Waals surface area contributed by atoms with Gasteiger partial charge < -0.3 is 4.74 Å². The van der Waals surface area contributed by atoms with Gasteiger partial charge in [-0.15, -0.1) is 0 Å². The highest BCUT2D eigenvalue weighted by Crippen LogP contribution is 2.22. The van der Waals surface area contributed by atoms with Gasteiger partial charge in [0.05, 0.1) is 7.11 Å². The van der Waals surface area contributed by atoms with Crippen LogP contribution in [0.15, 0.2) is 4.79 Å². The van der Waals surface area contributed by atoms with Crippen LogP contribution in [0.3, 0.4) is 0 Å². The van der Waals surface area contributed by atoms with Gasteiger partial charge in [0, 0.05) is 0 Å². The summed E-state index contributed by atoms with van der Waals surface area (Å²) in [5.41, 5.74) is -0.470. The summed E-state index contributed by atoms with van der Waals surface area (Å²) in [4.78, 5) is 22.0. The molecule has 0 radical (unpaired) electrons. The van der Waals surface area contributed by atoms with Gasteiger partial charge in [-0.3, -0.25) is 13.5 Å². The number of hydrogen-bond donors (Lipinski definition) is 0. The maximum absolute atomic E-state index is 11.2. The van der Waals surface area contributed by atoms with E-state index in [4.69, 9.17) is 23.2 Å². The van der Waals surface area contributed by atoms with Crippen LogP contribution in [-0.4, -0.2) is 17.0 Å².